The number of rotatable bonds is 5. The summed E-state index contributed by atoms with van der Waals surface area (Å²) in [4.78, 5) is 21.7. The Morgan fingerprint density at radius 2 is 2.04 bits per heavy atom. The first kappa shape index (κ1) is 18.1. The van der Waals surface area contributed by atoms with Gasteiger partial charge in [0, 0.05) is 31.4 Å². The molecule has 1 saturated heterocycles. The van der Waals surface area contributed by atoms with Crippen LogP contribution in [0.4, 0.5) is 15.1 Å². The van der Waals surface area contributed by atoms with Crippen LogP contribution in [0.2, 0.25) is 0 Å². The predicted molar refractivity (Wildman–Crippen MR) is 96.5 cm³/mol. The molecule has 0 unspecified atom stereocenters. The molecule has 0 spiro atoms. The summed E-state index contributed by atoms with van der Waals surface area (Å²) in [6.45, 7) is 3.17. The lowest BCUT2D eigenvalue weighted by molar-refractivity contribution is 0.0544. The molecule has 0 bridgehead atoms. The van der Waals surface area contributed by atoms with E-state index >= 15 is 0 Å². The molecular weight excluding hydrogens is 334 g/mol. The van der Waals surface area contributed by atoms with Crippen LogP contribution >= 0.6 is 0 Å². The lowest BCUT2D eigenvalue weighted by Gasteiger charge is -2.34. The Labute approximate surface area is 152 Å². The second-order valence-electron chi connectivity index (χ2n) is 6.50. The number of benzene rings is 1. The smallest absolute Gasteiger partial charge is 0.410 e. The number of aryl methyl sites for hydroxylation is 1. The SMILES string of the molecule is Cc1ccc(COC(=O)N2CC[C@@H](CNc3ncccn3)[C@H]([18F])C2)cc1. The molecule has 1 fully saturated rings. The van der Waals surface area contributed by atoms with E-state index in [1.165, 1.54) is 4.90 Å². The highest BCUT2D eigenvalue weighted by Gasteiger charge is 2.32. The first-order valence-electron chi connectivity index (χ1n) is 8.74. The molecule has 0 aliphatic carbocycles. The molecule has 2 aromatic rings. The van der Waals surface area contributed by atoms with Crippen molar-refractivity contribution in [2.24, 2.45) is 5.92 Å². The number of piperidine rings is 1. The molecule has 0 saturated carbocycles. The Morgan fingerprint density at radius 1 is 1.31 bits per heavy atom. The van der Waals surface area contributed by atoms with Gasteiger partial charge in [0.15, 0.2) is 0 Å². The van der Waals surface area contributed by atoms with Gasteiger partial charge in [-0.3, -0.25) is 0 Å². The number of aromatic nitrogens is 2. The van der Waals surface area contributed by atoms with Crippen molar-refractivity contribution in [1.82, 2.24) is 14.9 Å². The second-order valence-corrected chi connectivity index (χ2v) is 6.50. The van der Waals surface area contributed by atoms with Gasteiger partial charge in [-0.1, -0.05) is 29.8 Å². The Morgan fingerprint density at radius 3 is 2.73 bits per heavy atom. The summed E-state index contributed by atoms with van der Waals surface area (Å²) < 4.78 is 19.7. The molecule has 1 aromatic heterocycles. The molecule has 2 atom stereocenters. The van der Waals surface area contributed by atoms with Crippen molar-refractivity contribution in [2.75, 3.05) is 25.0 Å². The maximum absolute atomic E-state index is 14.4. The Kier molecular flexibility index (Phi) is 5.99. The number of nitrogens with one attached hydrogen (secondary N) is 1. The number of halogens is 1. The standard InChI is InChI=1S/C19H23FN4O2/c1-14-3-5-15(6-4-14)13-26-19(25)24-10-7-16(17(20)12-24)11-23-18-21-8-2-9-22-18/h2-6,8-9,16-17H,7,10-13H2,1H3,(H,21,22,23)/t16-,17+/m0/s1/i20-1. The monoisotopic (exact) mass is 357 g/mol. The highest BCUT2D eigenvalue weighted by molar-refractivity contribution is 5.67. The quantitative estimate of drug-likeness (QED) is 0.890. The van der Waals surface area contributed by atoms with E-state index in [1.807, 2.05) is 31.2 Å². The first-order chi connectivity index (χ1) is 12.6. The summed E-state index contributed by atoms with van der Waals surface area (Å²) in [5.74, 6) is 0.305. The van der Waals surface area contributed by atoms with Crippen LogP contribution in [0.5, 0.6) is 0 Å². The molecule has 1 aromatic carbocycles. The number of likely N-dealkylation sites (tertiary alicyclic amines) is 1. The molecule has 1 N–H and O–H groups in total. The number of anilines is 1. The maximum Gasteiger partial charge on any atom is 0.410 e. The third-order valence-electron chi connectivity index (χ3n) is 4.51. The third-order valence-corrected chi connectivity index (χ3v) is 4.51. The van der Waals surface area contributed by atoms with Crippen LogP contribution in [0.15, 0.2) is 42.7 Å². The van der Waals surface area contributed by atoms with Crippen molar-refractivity contribution in [3.05, 3.63) is 53.9 Å². The molecule has 26 heavy (non-hydrogen) atoms. The van der Waals surface area contributed by atoms with Crippen molar-refractivity contribution in [3.63, 3.8) is 0 Å². The Hall–Kier alpha value is -2.70. The number of amides is 1. The van der Waals surface area contributed by atoms with Gasteiger partial charge in [-0.25, -0.2) is 19.2 Å². The van der Waals surface area contributed by atoms with E-state index < -0.39 is 12.3 Å². The number of ether oxygens (including phenoxy) is 1. The van der Waals surface area contributed by atoms with Gasteiger partial charge in [0.1, 0.15) is 12.8 Å². The minimum Gasteiger partial charge on any atom is -0.445 e. The zero-order chi connectivity index (χ0) is 18.4. The van der Waals surface area contributed by atoms with E-state index in [1.54, 1.807) is 18.5 Å². The Bertz CT molecular complexity index is 711. The van der Waals surface area contributed by atoms with E-state index in [4.69, 9.17) is 4.74 Å². The fraction of sp³-hybridized carbons (Fsp3) is 0.421. The van der Waals surface area contributed by atoms with Gasteiger partial charge in [-0.05, 0) is 25.0 Å². The fourth-order valence-electron chi connectivity index (χ4n) is 2.88. The van der Waals surface area contributed by atoms with Gasteiger partial charge in [-0.2, -0.15) is 0 Å². The van der Waals surface area contributed by atoms with Gasteiger partial charge in [-0.15, -0.1) is 0 Å². The van der Waals surface area contributed by atoms with Crippen molar-refractivity contribution in [1.29, 1.82) is 0 Å². The highest BCUT2D eigenvalue weighted by Crippen LogP contribution is 2.22. The summed E-state index contributed by atoms with van der Waals surface area (Å²) >= 11 is 0. The molecule has 1 aliphatic heterocycles. The molecule has 1 amide bonds. The molecule has 6 nitrogen and oxygen atoms in total. The zero-order valence-electron chi connectivity index (χ0n) is 14.8. The van der Waals surface area contributed by atoms with E-state index in [9.17, 15) is 9.18 Å². The molecule has 3 rings (SSSR count). The molecule has 0 radical (unpaired) electrons. The lowest BCUT2D eigenvalue weighted by Crippen LogP contribution is -2.46. The molecular formula is C19H23FN4O2. The van der Waals surface area contributed by atoms with E-state index in [0.29, 0.717) is 25.5 Å². The van der Waals surface area contributed by atoms with Gasteiger partial charge < -0.3 is 15.0 Å². The van der Waals surface area contributed by atoms with Crippen LogP contribution in [0.1, 0.15) is 17.5 Å². The van der Waals surface area contributed by atoms with Crippen molar-refractivity contribution >= 4 is 12.0 Å². The van der Waals surface area contributed by atoms with E-state index in [-0.39, 0.29) is 19.1 Å². The predicted octanol–water partition coefficient (Wildman–Crippen LogP) is 3.19. The molecule has 138 valence electrons. The summed E-state index contributed by atoms with van der Waals surface area (Å²) in [6.07, 6.45) is 2.27. The van der Waals surface area contributed by atoms with Crippen molar-refractivity contribution < 1.29 is 13.9 Å². The zero-order valence-corrected chi connectivity index (χ0v) is 14.8. The summed E-state index contributed by atoms with van der Waals surface area (Å²) in [5.41, 5.74) is 2.07. The maximum atomic E-state index is 14.4. The topological polar surface area (TPSA) is 67.3 Å². The normalized spacial score (nSPS) is 19.8. The van der Waals surface area contributed by atoms with Crippen LogP contribution in [-0.2, 0) is 11.3 Å². The molecule has 1 aliphatic rings. The number of nitrogens with zero attached hydrogens (tertiary/aromatic N) is 3. The van der Waals surface area contributed by atoms with E-state index in [0.717, 1.165) is 11.1 Å². The van der Waals surface area contributed by atoms with Crippen molar-refractivity contribution in [2.45, 2.75) is 26.1 Å². The minimum absolute atomic E-state index is 0.0503. The second kappa shape index (κ2) is 8.60. The van der Waals surface area contributed by atoms with Gasteiger partial charge in [0.25, 0.3) is 0 Å². The number of alkyl halides is 1. The number of hydrogen-bond acceptors (Lipinski definition) is 5. The van der Waals surface area contributed by atoms with E-state index in [2.05, 4.69) is 15.3 Å². The first-order valence-corrected chi connectivity index (χ1v) is 8.74. The van der Waals surface area contributed by atoms with Gasteiger partial charge in [0.2, 0.25) is 5.95 Å². The average molecular weight is 357 g/mol. The molecule has 2 heterocycles. The average Bonchev–Trinajstić information content (AvgIpc) is 2.67. The largest absolute Gasteiger partial charge is 0.445 e. The van der Waals surface area contributed by atoms with Crippen LogP contribution in [0, 0.1) is 12.8 Å². The molecule has 7 heteroatoms. The van der Waals surface area contributed by atoms with Gasteiger partial charge >= 0.3 is 6.09 Å². The van der Waals surface area contributed by atoms with Crippen LogP contribution in [-0.4, -0.2) is 46.8 Å². The van der Waals surface area contributed by atoms with Crippen LogP contribution in [0.3, 0.4) is 0 Å². The summed E-state index contributed by atoms with van der Waals surface area (Å²) in [6, 6.07) is 9.50. The van der Waals surface area contributed by atoms with Crippen molar-refractivity contribution in [3.8, 4) is 0 Å². The Balaban J connectivity index is 1.43. The number of carbonyl (C=O) groups is 1. The lowest BCUT2D eigenvalue weighted by atomic mass is 9.95. The van der Waals surface area contributed by atoms with Crippen LogP contribution in [0.25, 0.3) is 0 Å². The number of carbonyl (C=O) groups excluding carboxylic acids is 1. The highest BCUT2D eigenvalue weighted by atomic mass is 18.2. The third kappa shape index (κ3) is 4.91. The van der Waals surface area contributed by atoms with Crippen LogP contribution < -0.4 is 5.32 Å². The van der Waals surface area contributed by atoms with Gasteiger partial charge in [0.05, 0.1) is 6.54 Å². The summed E-state index contributed by atoms with van der Waals surface area (Å²) in [5, 5.41) is 3.04. The summed E-state index contributed by atoms with van der Waals surface area (Å²) in [7, 11) is 0. The minimum atomic E-state index is -1.10. The fourth-order valence-corrected chi connectivity index (χ4v) is 2.88. The number of hydrogen-bond donors (Lipinski definition) is 1.